The Kier molecular flexibility index (Phi) is 2.84. The molecule has 0 unspecified atom stereocenters. The van der Waals surface area contributed by atoms with Gasteiger partial charge in [0.2, 0.25) is 0 Å². The lowest BCUT2D eigenvalue weighted by Gasteiger charge is -2.41. The summed E-state index contributed by atoms with van der Waals surface area (Å²) >= 11 is 0. The van der Waals surface area contributed by atoms with E-state index in [0.717, 1.165) is 19.3 Å². The van der Waals surface area contributed by atoms with E-state index in [0.29, 0.717) is 6.54 Å². The maximum atomic E-state index is 10.9. The molecule has 1 aliphatic rings. The molecule has 0 bridgehead atoms. The second-order valence-corrected chi connectivity index (χ2v) is 4.85. The Labute approximate surface area is 79.7 Å². The first-order chi connectivity index (χ1) is 5.93. The Morgan fingerprint density at radius 3 is 2.38 bits per heavy atom. The minimum absolute atomic E-state index is 0.0683. The molecule has 0 aromatic carbocycles. The third kappa shape index (κ3) is 2.36. The van der Waals surface area contributed by atoms with E-state index < -0.39 is 6.09 Å². The van der Waals surface area contributed by atoms with Gasteiger partial charge >= 0.3 is 6.09 Å². The highest BCUT2D eigenvalue weighted by Crippen LogP contribution is 2.31. The lowest BCUT2D eigenvalue weighted by atomic mass is 9.81. The number of hydrogen-bond donors (Lipinski definition) is 1. The summed E-state index contributed by atoms with van der Waals surface area (Å²) in [4.78, 5) is 12.5. The molecule has 0 aromatic heterocycles. The number of carbonyl (C=O) groups is 1. The molecule has 1 rings (SSSR count). The second kappa shape index (κ2) is 3.56. The summed E-state index contributed by atoms with van der Waals surface area (Å²) < 4.78 is 0. The highest BCUT2D eigenvalue weighted by atomic mass is 16.4. The molecular formula is C10H19NO2. The number of carboxylic acid groups (broad SMARTS) is 1. The van der Waals surface area contributed by atoms with E-state index in [1.165, 1.54) is 0 Å². The van der Waals surface area contributed by atoms with Gasteiger partial charge in [0.15, 0.2) is 0 Å². The van der Waals surface area contributed by atoms with Gasteiger partial charge in [-0.2, -0.15) is 0 Å². The van der Waals surface area contributed by atoms with Crippen molar-refractivity contribution >= 4 is 6.09 Å². The Hall–Kier alpha value is -0.730. The summed E-state index contributed by atoms with van der Waals surface area (Å²) in [5.41, 5.74) is 0.0683. The molecule has 0 radical (unpaired) electrons. The van der Waals surface area contributed by atoms with Crippen molar-refractivity contribution in [2.45, 2.75) is 46.1 Å². The minimum Gasteiger partial charge on any atom is -0.465 e. The molecule has 1 atom stereocenters. The number of likely N-dealkylation sites (tertiary alicyclic amines) is 1. The second-order valence-electron chi connectivity index (χ2n) is 4.85. The largest absolute Gasteiger partial charge is 0.465 e. The van der Waals surface area contributed by atoms with Crippen LogP contribution in [0.25, 0.3) is 0 Å². The molecule has 1 amide bonds. The monoisotopic (exact) mass is 185 g/mol. The molecule has 76 valence electrons. The van der Waals surface area contributed by atoms with Crippen LogP contribution in [0.2, 0.25) is 0 Å². The van der Waals surface area contributed by atoms with Gasteiger partial charge in [-0.1, -0.05) is 20.8 Å². The van der Waals surface area contributed by atoms with Crippen LogP contribution in [0.1, 0.15) is 40.0 Å². The maximum Gasteiger partial charge on any atom is 0.407 e. The first-order valence-electron chi connectivity index (χ1n) is 4.92. The van der Waals surface area contributed by atoms with Crippen molar-refractivity contribution in [2.24, 2.45) is 5.41 Å². The van der Waals surface area contributed by atoms with Crippen LogP contribution < -0.4 is 0 Å². The van der Waals surface area contributed by atoms with Crippen LogP contribution >= 0.6 is 0 Å². The predicted molar refractivity (Wildman–Crippen MR) is 51.8 cm³/mol. The smallest absolute Gasteiger partial charge is 0.407 e. The number of piperidine rings is 1. The fraction of sp³-hybridized carbons (Fsp3) is 0.900. The number of hydrogen-bond acceptors (Lipinski definition) is 1. The van der Waals surface area contributed by atoms with Crippen LogP contribution in [0.5, 0.6) is 0 Å². The first kappa shape index (κ1) is 10.4. The third-order valence-corrected chi connectivity index (χ3v) is 2.75. The SMILES string of the molecule is CC(C)(C)[C@H]1CCCCN1C(=O)O. The van der Waals surface area contributed by atoms with Gasteiger partial charge in [-0.3, -0.25) is 0 Å². The van der Waals surface area contributed by atoms with Crippen molar-refractivity contribution < 1.29 is 9.90 Å². The van der Waals surface area contributed by atoms with Gasteiger partial charge in [0.25, 0.3) is 0 Å². The van der Waals surface area contributed by atoms with E-state index in [9.17, 15) is 4.79 Å². The molecule has 1 heterocycles. The topological polar surface area (TPSA) is 40.5 Å². The quantitative estimate of drug-likeness (QED) is 0.630. The lowest BCUT2D eigenvalue weighted by molar-refractivity contribution is 0.0594. The average molecular weight is 185 g/mol. The molecule has 13 heavy (non-hydrogen) atoms. The molecule has 0 saturated carbocycles. The van der Waals surface area contributed by atoms with Crippen molar-refractivity contribution in [1.82, 2.24) is 4.90 Å². The van der Waals surface area contributed by atoms with Gasteiger partial charge < -0.3 is 10.0 Å². The number of rotatable bonds is 0. The Bertz CT molecular complexity index is 196. The van der Waals surface area contributed by atoms with Crippen LogP contribution in [0, 0.1) is 5.41 Å². The summed E-state index contributed by atoms with van der Waals surface area (Å²) in [5.74, 6) is 0. The predicted octanol–water partition coefficient (Wildman–Crippen LogP) is 2.57. The molecule has 0 aliphatic carbocycles. The Morgan fingerprint density at radius 1 is 1.38 bits per heavy atom. The molecule has 0 spiro atoms. The molecular weight excluding hydrogens is 166 g/mol. The summed E-state index contributed by atoms with van der Waals surface area (Å²) in [5, 5.41) is 9.00. The maximum absolute atomic E-state index is 10.9. The first-order valence-corrected chi connectivity index (χ1v) is 4.92. The molecule has 3 nitrogen and oxygen atoms in total. The Morgan fingerprint density at radius 2 is 2.00 bits per heavy atom. The van der Waals surface area contributed by atoms with Gasteiger partial charge in [0, 0.05) is 12.6 Å². The number of nitrogens with zero attached hydrogens (tertiary/aromatic N) is 1. The van der Waals surface area contributed by atoms with Crippen LogP contribution in [-0.2, 0) is 0 Å². The zero-order valence-electron chi connectivity index (χ0n) is 8.71. The van der Waals surface area contributed by atoms with Gasteiger partial charge in [-0.05, 0) is 24.7 Å². The third-order valence-electron chi connectivity index (χ3n) is 2.75. The molecule has 1 fully saturated rings. The van der Waals surface area contributed by atoms with Crippen molar-refractivity contribution in [1.29, 1.82) is 0 Å². The van der Waals surface area contributed by atoms with E-state index in [1.54, 1.807) is 4.90 Å². The number of amides is 1. The molecule has 1 aliphatic heterocycles. The molecule has 0 aromatic rings. The van der Waals surface area contributed by atoms with E-state index in [-0.39, 0.29) is 11.5 Å². The van der Waals surface area contributed by atoms with E-state index in [1.807, 2.05) is 0 Å². The van der Waals surface area contributed by atoms with E-state index in [4.69, 9.17) is 5.11 Å². The summed E-state index contributed by atoms with van der Waals surface area (Å²) in [6, 6.07) is 0.193. The minimum atomic E-state index is -0.764. The van der Waals surface area contributed by atoms with Crippen LogP contribution in [0.3, 0.4) is 0 Å². The Balaban J connectivity index is 2.73. The summed E-state index contributed by atoms with van der Waals surface area (Å²) in [7, 11) is 0. The van der Waals surface area contributed by atoms with Crippen LogP contribution in [0.4, 0.5) is 4.79 Å². The van der Waals surface area contributed by atoms with Gasteiger partial charge in [-0.25, -0.2) is 4.79 Å². The fourth-order valence-corrected chi connectivity index (χ4v) is 2.06. The zero-order valence-corrected chi connectivity index (χ0v) is 8.71. The normalized spacial score (nSPS) is 24.5. The summed E-state index contributed by atoms with van der Waals surface area (Å²) in [6.07, 6.45) is 2.42. The van der Waals surface area contributed by atoms with Crippen molar-refractivity contribution in [3.63, 3.8) is 0 Å². The molecule has 3 heteroatoms. The van der Waals surface area contributed by atoms with Crippen molar-refractivity contribution in [3.8, 4) is 0 Å². The fourth-order valence-electron chi connectivity index (χ4n) is 2.06. The van der Waals surface area contributed by atoms with Crippen molar-refractivity contribution in [3.05, 3.63) is 0 Å². The summed E-state index contributed by atoms with van der Waals surface area (Å²) in [6.45, 7) is 7.04. The van der Waals surface area contributed by atoms with Crippen LogP contribution in [-0.4, -0.2) is 28.7 Å². The van der Waals surface area contributed by atoms with Gasteiger partial charge in [0.05, 0.1) is 0 Å². The van der Waals surface area contributed by atoms with Gasteiger partial charge in [0.1, 0.15) is 0 Å². The average Bonchev–Trinajstić information content (AvgIpc) is 2.03. The zero-order chi connectivity index (χ0) is 10.1. The van der Waals surface area contributed by atoms with Gasteiger partial charge in [-0.15, -0.1) is 0 Å². The van der Waals surface area contributed by atoms with Crippen molar-refractivity contribution in [2.75, 3.05) is 6.54 Å². The standard InChI is InChI=1S/C10H19NO2/c1-10(2,3)8-6-4-5-7-11(8)9(12)13/h8H,4-7H2,1-3H3,(H,12,13)/t8-/m1/s1. The van der Waals surface area contributed by atoms with Crippen LogP contribution in [0.15, 0.2) is 0 Å². The highest BCUT2D eigenvalue weighted by molar-refractivity contribution is 5.65. The van der Waals surface area contributed by atoms with E-state index >= 15 is 0 Å². The molecule has 1 saturated heterocycles. The molecule has 1 N–H and O–H groups in total. The van der Waals surface area contributed by atoms with E-state index in [2.05, 4.69) is 20.8 Å². The lowest BCUT2D eigenvalue weighted by Crippen LogP contribution is -2.49. The highest BCUT2D eigenvalue weighted by Gasteiger charge is 2.34.